The summed E-state index contributed by atoms with van der Waals surface area (Å²) >= 11 is 1.40. The molecule has 27 heavy (non-hydrogen) atoms. The van der Waals surface area contributed by atoms with Gasteiger partial charge in [0, 0.05) is 22.7 Å². The molecule has 0 amide bonds. The first-order chi connectivity index (χ1) is 13.2. The quantitative estimate of drug-likeness (QED) is 0.488. The zero-order valence-corrected chi connectivity index (χ0v) is 15.7. The van der Waals surface area contributed by atoms with Crippen LogP contribution in [0, 0.1) is 0 Å². The Balaban J connectivity index is 1.94. The molecule has 1 aromatic heterocycles. The third-order valence-corrected chi connectivity index (χ3v) is 5.78. The van der Waals surface area contributed by atoms with E-state index in [0.717, 1.165) is 11.3 Å². The average Bonchev–Trinajstić information content (AvgIpc) is 3.30. The van der Waals surface area contributed by atoms with E-state index in [1.807, 2.05) is 70.9 Å². The Morgan fingerprint density at radius 3 is 2.48 bits per heavy atom. The van der Waals surface area contributed by atoms with Crippen LogP contribution in [0.15, 0.2) is 72.1 Å². The van der Waals surface area contributed by atoms with Gasteiger partial charge in [0.15, 0.2) is 0 Å². The van der Waals surface area contributed by atoms with Crippen molar-refractivity contribution in [1.82, 2.24) is 0 Å². The standard InChI is InChI=1S/C22H19NO3S/c1-2-26-21(25)22(19-13-8-14-27-19)20(24)17-11-6-7-12-18(17)23(22)15-16-9-4-3-5-10-16/h3-14H,2,15H2,1H3/t22-/m1/s1. The number of nitrogens with zero attached hydrogens (tertiary/aromatic N) is 1. The van der Waals surface area contributed by atoms with E-state index in [4.69, 9.17) is 4.74 Å². The number of anilines is 1. The van der Waals surface area contributed by atoms with Crippen molar-refractivity contribution < 1.29 is 14.3 Å². The van der Waals surface area contributed by atoms with Gasteiger partial charge in [0.2, 0.25) is 11.3 Å². The molecule has 3 aromatic rings. The number of ether oxygens (including phenoxy) is 1. The largest absolute Gasteiger partial charge is 0.464 e. The van der Waals surface area contributed by atoms with E-state index in [-0.39, 0.29) is 12.4 Å². The Morgan fingerprint density at radius 2 is 1.78 bits per heavy atom. The van der Waals surface area contributed by atoms with Crippen LogP contribution in [0.1, 0.15) is 27.7 Å². The molecule has 0 spiro atoms. The number of carbonyl (C=O) groups is 2. The summed E-state index contributed by atoms with van der Waals surface area (Å²) in [5, 5.41) is 1.88. The highest BCUT2D eigenvalue weighted by atomic mass is 32.1. The minimum Gasteiger partial charge on any atom is -0.464 e. The Kier molecular flexibility index (Phi) is 4.54. The van der Waals surface area contributed by atoms with Gasteiger partial charge in [0.25, 0.3) is 0 Å². The van der Waals surface area contributed by atoms with E-state index in [1.165, 1.54) is 11.3 Å². The Labute approximate surface area is 162 Å². The number of ketones is 1. The van der Waals surface area contributed by atoms with Gasteiger partial charge in [-0.05, 0) is 36.1 Å². The van der Waals surface area contributed by atoms with Crippen molar-refractivity contribution in [2.75, 3.05) is 11.5 Å². The van der Waals surface area contributed by atoms with Crippen LogP contribution in [0.25, 0.3) is 0 Å². The van der Waals surface area contributed by atoms with E-state index in [1.54, 1.807) is 13.0 Å². The maximum atomic E-state index is 13.6. The summed E-state index contributed by atoms with van der Waals surface area (Å²) in [5.74, 6) is -0.750. The molecule has 4 nitrogen and oxygen atoms in total. The first kappa shape index (κ1) is 17.5. The molecule has 1 aliphatic heterocycles. The van der Waals surface area contributed by atoms with E-state index < -0.39 is 11.5 Å². The molecule has 0 N–H and O–H groups in total. The average molecular weight is 377 g/mol. The lowest BCUT2D eigenvalue weighted by Gasteiger charge is -2.36. The topological polar surface area (TPSA) is 46.6 Å². The number of carbonyl (C=O) groups excluding carboxylic acids is 2. The maximum absolute atomic E-state index is 13.6. The second-order valence-corrected chi connectivity index (χ2v) is 7.27. The number of fused-ring (bicyclic) bond motifs is 1. The molecular formula is C22H19NO3S. The molecule has 0 radical (unpaired) electrons. The molecule has 0 saturated heterocycles. The normalized spacial score (nSPS) is 18.4. The van der Waals surface area contributed by atoms with Crippen molar-refractivity contribution in [2.24, 2.45) is 0 Å². The van der Waals surface area contributed by atoms with E-state index in [0.29, 0.717) is 17.0 Å². The third-order valence-electron chi connectivity index (χ3n) is 4.81. The summed E-state index contributed by atoms with van der Waals surface area (Å²) in [6.07, 6.45) is 0. The summed E-state index contributed by atoms with van der Waals surface area (Å²) in [5.41, 5.74) is 0.846. The first-order valence-corrected chi connectivity index (χ1v) is 9.74. The SMILES string of the molecule is CCOC(=O)[C@@]1(c2cccs2)C(=O)c2ccccc2N1Cc1ccccc1. The number of hydrogen-bond acceptors (Lipinski definition) is 5. The number of hydrogen-bond donors (Lipinski definition) is 0. The number of rotatable bonds is 5. The Hall–Kier alpha value is -2.92. The van der Waals surface area contributed by atoms with Crippen LogP contribution in [0.3, 0.4) is 0 Å². The predicted molar refractivity (Wildman–Crippen MR) is 106 cm³/mol. The first-order valence-electron chi connectivity index (χ1n) is 8.86. The molecule has 0 unspecified atom stereocenters. The van der Waals surface area contributed by atoms with Gasteiger partial charge in [0.05, 0.1) is 6.61 Å². The zero-order chi connectivity index (χ0) is 18.9. The van der Waals surface area contributed by atoms with Gasteiger partial charge in [0.1, 0.15) is 0 Å². The second kappa shape index (κ2) is 7.00. The van der Waals surface area contributed by atoms with E-state index in [9.17, 15) is 9.59 Å². The number of benzene rings is 2. The molecule has 0 saturated carbocycles. The molecule has 1 atom stereocenters. The lowest BCUT2D eigenvalue weighted by atomic mass is 9.90. The highest BCUT2D eigenvalue weighted by Crippen LogP contribution is 2.48. The van der Waals surface area contributed by atoms with Crippen LogP contribution in [-0.2, 0) is 21.6 Å². The van der Waals surface area contributed by atoms with Gasteiger partial charge in [-0.15, -0.1) is 11.3 Å². The summed E-state index contributed by atoms with van der Waals surface area (Å²) in [6, 6.07) is 20.9. The molecule has 0 bridgehead atoms. The Morgan fingerprint density at radius 1 is 1.04 bits per heavy atom. The third kappa shape index (κ3) is 2.66. The predicted octanol–water partition coefficient (Wildman–Crippen LogP) is 4.41. The van der Waals surface area contributed by atoms with Crippen LogP contribution in [0.2, 0.25) is 0 Å². The van der Waals surface area contributed by atoms with Gasteiger partial charge in [-0.2, -0.15) is 0 Å². The van der Waals surface area contributed by atoms with Crippen molar-refractivity contribution in [1.29, 1.82) is 0 Å². The van der Waals surface area contributed by atoms with E-state index >= 15 is 0 Å². The van der Waals surface area contributed by atoms with Crippen LogP contribution < -0.4 is 4.90 Å². The minimum atomic E-state index is -1.48. The second-order valence-electron chi connectivity index (χ2n) is 6.33. The lowest BCUT2D eigenvalue weighted by Crippen LogP contribution is -2.54. The monoisotopic (exact) mass is 377 g/mol. The summed E-state index contributed by atoms with van der Waals surface area (Å²) < 4.78 is 5.43. The van der Waals surface area contributed by atoms with Crippen LogP contribution in [0.4, 0.5) is 5.69 Å². The molecule has 0 fully saturated rings. The number of para-hydroxylation sites is 1. The number of esters is 1. The van der Waals surface area contributed by atoms with Crippen molar-refractivity contribution in [2.45, 2.75) is 19.0 Å². The molecule has 4 rings (SSSR count). The van der Waals surface area contributed by atoms with Crippen LogP contribution in [0.5, 0.6) is 0 Å². The summed E-state index contributed by atoms with van der Waals surface area (Å²) in [7, 11) is 0. The molecule has 2 heterocycles. The fourth-order valence-corrected chi connectivity index (χ4v) is 4.55. The van der Waals surface area contributed by atoms with Crippen molar-refractivity contribution in [3.8, 4) is 0 Å². The smallest absolute Gasteiger partial charge is 0.345 e. The van der Waals surface area contributed by atoms with Gasteiger partial charge in [-0.25, -0.2) is 4.79 Å². The van der Waals surface area contributed by atoms with E-state index in [2.05, 4.69) is 0 Å². The van der Waals surface area contributed by atoms with Crippen molar-refractivity contribution in [3.05, 3.63) is 88.1 Å². The van der Waals surface area contributed by atoms with Gasteiger partial charge < -0.3 is 9.64 Å². The van der Waals surface area contributed by atoms with Gasteiger partial charge in [-0.3, -0.25) is 4.79 Å². The molecule has 136 valence electrons. The molecule has 2 aromatic carbocycles. The zero-order valence-electron chi connectivity index (χ0n) is 14.9. The van der Waals surface area contributed by atoms with Crippen molar-refractivity contribution in [3.63, 3.8) is 0 Å². The fourth-order valence-electron chi connectivity index (χ4n) is 3.64. The fraction of sp³-hybridized carbons (Fsp3) is 0.182. The molecule has 1 aliphatic rings. The molecule has 5 heteroatoms. The van der Waals surface area contributed by atoms with Gasteiger partial charge in [-0.1, -0.05) is 48.5 Å². The Bertz CT molecular complexity index is 968. The number of thiophene rings is 1. The summed E-state index contributed by atoms with van der Waals surface area (Å²) in [6.45, 7) is 2.41. The van der Waals surface area contributed by atoms with Crippen LogP contribution >= 0.6 is 11.3 Å². The molecule has 0 aliphatic carbocycles. The highest BCUT2D eigenvalue weighted by Gasteiger charge is 2.59. The molecular weight excluding hydrogens is 358 g/mol. The van der Waals surface area contributed by atoms with Crippen LogP contribution in [-0.4, -0.2) is 18.4 Å². The maximum Gasteiger partial charge on any atom is 0.345 e. The highest BCUT2D eigenvalue weighted by molar-refractivity contribution is 7.10. The van der Waals surface area contributed by atoms with Gasteiger partial charge >= 0.3 is 5.97 Å². The minimum absolute atomic E-state index is 0.217. The lowest BCUT2D eigenvalue weighted by molar-refractivity contribution is -0.147. The van der Waals surface area contributed by atoms with Crippen molar-refractivity contribution >= 4 is 28.8 Å². The number of Topliss-reactive ketones (excluding diaryl/α,β-unsaturated/α-hetero) is 1. The summed E-state index contributed by atoms with van der Waals surface area (Å²) in [4.78, 5) is 29.4.